The smallest absolute Gasteiger partial charge is 0.184 e. The van der Waals surface area contributed by atoms with Gasteiger partial charge in [0.15, 0.2) is 12.6 Å². The van der Waals surface area contributed by atoms with E-state index < -0.39 is 37.0 Å². The third-order valence-electron chi connectivity index (χ3n) is 4.72. The molecule has 138 valence electrons. The number of fused-ring (bicyclic) bond motifs is 1. The summed E-state index contributed by atoms with van der Waals surface area (Å²) in [5.74, 6) is 0. The maximum Gasteiger partial charge on any atom is 0.184 e. The fraction of sp³-hybridized carbons (Fsp3) is 0.400. The van der Waals surface area contributed by atoms with Gasteiger partial charge in [0.1, 0.15) is 24.4 Å². The highest BCUT2D eigenvalue weighted by Gasteiger charge is 2.49. The Kier molecular flexibility index (Phi) is 5.31. The van der Waals surface area contributed by atoms with Gasteiger partial charge in [0.2, 0.25) is 0 Å². The van der Waals surface area contributed by atoms with Crippen LogP contribution in [0.5, 0.6) is 0 Å². The van der Waals surface area contributed by atoms with Crippen LogP contribution in [-0.4, -0.2) is 47.8 Å². The molecule has 0 saturated carbocycles. The van der Waals surface area contributed by atoms with Crippen molar-refractivity contribution in [1.29, 1.82) is 0 Å². The molecule has 2 heterocycles. The van der Waals surface area contributed by atoms with E-state index in [-0.39, 0.29) is 13.2 Å². The van der Waals surface area contributed by atoms with E-state index in [4.69, 9.17) is 18.9 Å². The van der Waals surface area contributed by atoms with Crippen molar-refractivity contribution in [2.75, 3.05) is 13.2 Å². The highest BCUT2D eigenvalue weighted by atomic mass is 16.8. The van der Waals surface area contributed by atoms with Gasteiger partial charge in [0.25, 0.3) is 0 Å². The second-order valence-corrected chi connectivity index (χ2v) is 6.40. The molecule has 0 radical (unpaired) electrons. The molecule has 0 amide bonds. The second-order valence-electron chi connectivity index (χ2n) is 6.40. The molecule has 2 saturated heterocycles. The highest BCUT2D eigenvalue weighted by molar-refractivity contribution is 5.18. The molecule has 6 atom stereocenters. The standard InChI is InChI=1S/C20H22O6/c21-11-15-18-17(25-19(23-15)13-7-3-1-4-8-13)16(12-22)24-20(26-18)14-9-5-2-6-10-14/h1-10,15-22H,11-12H2/t15-,16+,17-,18-,19?,20?/m1/s1. The van der Waals surface area contributed by atoms with Crippen molar-refractivity contribution < 1.29 is 29.2 Å². The van der Waals surface area contributed by atoms with E-state index in [1.54, 1.807) is 0 Å². The van der Waals surface area contributed by atoms with E-state index in [1.165, 1.54) is 0 Å². The van der Waals surface area contributed by atoms with Gasteiger partial charge in [-0.25, -0.2) is 0 Å². The molecular formula is C20H22O6. The zero-order chi connectivity index (χ0) is 17.9. The summed E-state index contributed by atoms with van der Waals surface area (Å²) in [6.45, 7) is -0.430. The average molecular weight is 358 g/mol. The first-order valence-corrected chi connectivity index (χ1v) is 8.73. The molecule has 2 unspecified atom stereocenters. The predicted molar refractivity (Wildman–Crippen MR) is 92.0 cm³/mol. The number of ether oxygens (including phenoxy) is 4. The van der Waals surface area contributed by atoms with Crippen molar-refractivity contribution >= 4 is 0 Å². The van der Waals surface area contributed by atoms with Crippen LogP contribution in [0.2, 0.25) is 0 Å². The minimum atomic E-state index is -0.649. The molecule has 0 aliphatic carbocycles. The maximum absolute atomic E-state index is 9.85. The SMILES string of the molecule is OC[C@@H]1OC(c2ccccc2)O[C@H]2[C@@H]1OC(c1ccccc1)O[C@@H]2CO. The summed E-state index contributed by atoms with van der Waals surface area (Å²) in [5, 5.41) is 19.7. The van der Waals surface area contributed by atoms with Gasteiger partial charge in [-0.1, -0.05) is 60.7 Å². The van der Waals surface area contributed by atoms with Crippen molar-refractivity contribution in [2.45, 2.75) is 37.0 Å². The Hall–Kier alpha value is -1.80. The van der Waals surface area contributed by atoms with Crippen LogP contribution in [0.4, 0.5) is 0 Å². The van der Waals surface area contributed by atoms with Gasteiger partial charge >= 0.3 is 0 Å². The predicted octanol–water partition coefficient (Wildman–Crippen LogP) is 1.94. The first kappa shape index (κ1) is 17.6. The van der Waals surface area contributed by atoms with Crippen LogP contribution in [-0.2, 0) is 18.9 Å². The van der Waals surface area contributed by atoms with E-state index in [0.717, 1.165) is 11.1 Å². The van der Waals surface area contributed by atoms with E-state index in [1.807, 2.05) is 60.7 Å². The minimum Gasteiger partial charge on any atom is -0.394 e. The molecule has 0 bridgehead atoms. The van der Waals surface area contributed by atoms with Crippen LogP contribution < -0.4 is 0 Å². The van der Waals surface area contributed by atoms with Gasteiger partial charge in [-0.15, -0.1) is 0 Å². The normalized spacial score (nSPS) is 34.2. The lowest BCUT2D eigenvalue weighted by Gasteiger charge is -2.48. The third kappa shape index (κ3) is 3.40. The van der Waals surface area contributed by atoms with Gasteiger partial charge in [-0.3, -0.25) is 0 Å². The topological polar surface area (TPSA) is 77.4 Å². The van der Waals surface area contributed by atoms with Gasteiger partial charge in [0, 0.05) is 11.1 Å². The van der Waals surface area contributed by atoms with Crippen LogP contribution in [0.3, 0.4) is 0 Å². The molecule has 2 aromatic rings. The number of hydrogen-bond acceptors (Lipinski definition) is 6. The number of benzene rings is 2. The van der Waals surface area contributed by atoms with Crippen LogP contribution in [0.25, 0.3) is 0 Å². The third-order valence-corrected chi connectivity index (χ3v) is 4.72. The summed E-state index contributed by atoms with van der Waals surface area (Å²) in [7, 11) is 0. The molecule has 6 nitrogen and oxygen atoms in total. The monoisotopic (exact) mass is 358 g/mol. The maximum atomic E-state index is 9.85. The van der Waals surface area contributed by atoms with Crippen LogP contribution in [0, 0.1) is 0 Å². The fourth-order valence-corrected chi connectivity index (χ4v) is 3.40. The van der Waals surface area contributed by atoms with Crippen molar-refractivity contribution in [3.05, 3.63) is 71.8 Å². The number of aliphatic hydroxyl groups excluding tert-OH is 2. The van der Waals surface area contributed by atoms with E-state index >= 15 is 0 Å². The number of aliphatic hydroxyl groups is 2. The highest BCUT2D eigenvalue weighted by Crippen LogP contribution is 2.40. The Labute approximate surface area is 151 Å². The molecule has 2 fully saturated rings. The lowest BCUT2D eigenvalue weighted by atomic mass is 9.99. The zero-order valence-electron chi connectivity index (χ0n) is 14.2. The lowest BCUT2D eigenvalue weighted by molar-refractivity contribution is -0.387. The van der Waals surface area contributed by atoms with Crippen molar-refractivity contribution in [1.82, 2.24) is 0 Å². The van der Waals surface area contributed by atoms with Gasteiger partial charge in [-0.05, 0) is 0 Å². The summed E-state index contributed by atoms with van der Waals surface area (Å²) in [4.78, 5) is 0. The fourth-order valence-electron chi connectivity index (χ4n) is 3.40. The first-order chi connectivity index (χ1) is 12.8. The van der Waals surface area contributed by atoms with Crippen LogP contribution >= 0.6 is 0 Å². The molecule has 2 aromatic carbocycles. The summed E-state index contributed by atoms with van der Waals surface area (Å²) >= 11 is 0. The number of rotatable bonds is 4. The Morgan fingerprint density at radius 2 is 0.962 bits per heavy atom. The van der Waals surface area contributed by atoms with Gasteiger partial charge in [-0.2, -0.15) is 0 Å². The van der Waals surface area contributed by atoms with Gasteiger partial charge in [0.05, 0.1) is 13.2 Å². The summed E-state index contributed by atoms with van der Waals surface area (Å²) in [5.41, 5.74) is 1.68. The lowest BCUT2D eigenvalue weighted by Crippen LogP contribution is -2.59. The molecule has 2 N–H and O–H groups in total. The molecule has 0 spiro atoms. The Balaban J connectivity index is 1.59. The molecular weight excluding hydrogens is 336 g/mol. The minimum absolute atomic E-state index is 0.215. The Bertz CT molecular complexity index is 632. The summed E-state index contributed by atoms with van der Waals surface area (Å²) in [6.07, 6.45) is -3.55. The van der Waals surface area contributed by atoms with Gasteiger partial charge < -0.3 is 29.2 Å². The molecule has 2 aliphatic rings. The zero-order valence-corrected chi connectivity index (χ0v) is 14.2. The van der Waals surface area contributed by atoms with E-state index in [9.17, 15) is 10.2 Å². The van der Waals surface area contributed by atoms with Crippen molar-refractivity contribution in [2.24, 2.45) is 0 Å². The van der Waals surface area contributed by atoms with Crippen LogP contribution in [0.1, 0.15) is 23.7 Å². The van der Waals surface area contributed by atoms with Crippen molar-refractivity contribution in [3.63, 3.8) is 0 Å². The molecule has 6 heteroatoms. The Morgan fingerprint density at radius 3 is 1.31 bits per heavy atom. The first-order valence-electron chi connectivity index (χ1n) is 8.73. The molecule has 26 heavy (non-hydrogen) atoms. The van der Waals surface area contributed by atoms with Crippen molar-refractivity contribution in [3.8, 4) is 0 Å². The molecule has 0 aromatic heterocycles. The Morgan fingerprint density at radius 1 is 0.577 bits per heavy atom. The summed E-state index contributed by atoms with van der Waals surface area (Å²) in [6, 6.07) is 19.0. The van der Waals surface area contributed by atoms with E-state index in [0.29, 0.717) is 0 Å². The molecule has 4 rings (SSSR count). The van der Waals surface area contributed by atoms with E-state index in [2.05, 4.69) is 0 Å². The quantitative estimate of drug-likeness (QED) is 0.870. The number of hydrogen-bond donors (Lipinski definition) is 2. The van der Waals surface area contributed by atoms with Crippen LogP contribution in [0.15, 0.2) is 60.7 Å². The average Bonchev–Trinajstić information content (AvgIpc) is 2.73. The molecule has 2 aliphatic heterocycles. The summed E-state index contributed by atoms with van der Waals surface area (Å²) < 4.78 is 24.0. The largest absolute Gasteiger partial charge is 0.394 e. The second kappa shape index (κ2) is 7.84.